The number of nitrogens with one attached hydrogen (secondary N) is 1. The van der Waals surface area contributed by atoms with Crippen LogP contribution in [0.5, 0.6) is 23.0 Å². The SMILES string of the molecule is C=Cc1c(-c2ccc3cc(OC)c(OC)cc3c2C)cc(-c2ccc3[nH]cnc3c2)c(OC)c1OC. The van der Waals surface area contributed by atoms with Crippen molar-refractivity contribution in [2.75, 3.05) is 28.4 Å². The van der Waals surface area contributed by atoms with E-state index in [2.05, 4.69) is 47.7 Å². The molecule has 0 fully saturated rings. The largest absolute Gasteiger partial charge is 0.493 e. The monoisotopic (exact) mass is 480 g/mol. The first-order valence-corrected chi connectivity index (χ1v) is 11.5. The van der Waals surface area contributed by atoms with E-state index in [1.807, 2.05) is 30.3 Å². The van der Waals surface area contributed by atoms with Gasteiger partial charge in [0.2, 0.25) is 0 Å². The lowest BCUT2D eigenvalue weighted by Crippen LogP contribution is -2.00. The van der Waals surface area contributed by atoms with Gasteiger partial charge in [0.1, 0.15) is 0 Å². The van der Waals surface area contributed by atoms with Crippen LogP contribution in [0.15, 0.2) is 61.4 Å². The number of nitrogens with zero attached hydrogens (tertiary/aromatic N) is 1. The fourth-order valence-corrected chi connectivity index (χ4v) is 4.89. The Morgan fingerprint density at radius 3 is 2.22 bits per heavy atom. The third-order valence-corrected chi connectivity index (χ3v) is 6.70. The maximum Gasteiger partial charge on any atom is 0.169 e. The van der Waals surface area contributed by atoms with Gasteiger partial charge in [-0.2, -0.15) is 0 Å². The summed E-state index contributed by atoms with van der Waals surface area (Å²) in [6.07, 6.45) is 3.51. The number of aromatic amines is 1. The zero-order valence-corrected chi connectivity index (χ0v) is 21.1. The third kappa shape index (κ3) is 3.62. The zero-order valence-electron chi connectivity index (χ0n) is 21.1. The molecule has 0 saturated carbocycles. The molecule has 0 unspecified atom stereocenters. The predicted octanol–water partition coefficient (Wildman–Crippen LogP) is 7.04. The second kappa shape index (κ2) is 9.30. The van der Waals surface area contributed by atoms with Gasteiger partial charge in [0.05, 0.1) is 45.8 Å². The van der Waals surface area contributed by atoms with Gasteiger partial charge in [0.15, 0.2) is 23.0 Å². The summed E-state index contributed by atoms with van der Waals surface area (Å²) >= 11 is 0. The van der Waals surface area contributed by atoms with Gasteiger partial charge in [0, 0.05) is 11.1 Å². The van der Waals surface area contributed by atoms with Gasteiger partial charge in [-0.3, -0.25) is 0 Å². The Labute approximate surface area is 210 Å². The van der Waals surface area contributed by atoms with E-state index in [1.165, 1.54) is 0 Å². The Bertz CT molecular complexity index is 1620. The van der Waals surface area contributed by atoms with Crippen molar-refractivity contribution in [1.82, 2.24) is 9.97 Å². The minimum atomic E-state index is 0.633. The van der Waals surface area contributed by atoms with E-state index >= 15 is 0 Å². The Kier molecular flexibility index (Phi) is 6.02. The number of H-pyrrole nitrogens is 1. The van der Waals surface area contributed by atoms with Crippen molar-refractivity contribution >= 4 is 27.9 Å². The van der Waals surface area contributed by atoms with Gasteiger partial charge in [-0.05, 0) is 70.3 Å². The average Bonchev–Trinajstić information content (AvgIpc) is 3.39. The molecular weight excluding hydrogens is 452 g/mol. The molecule has 6 heteroatoms. The van der Waals surface area contributed by atoms with E-state index in [4.69, 9.17) is 18.9 Å². The first kappa shape index (κ1) is 23.3. The summed E-state index contributed by atoms with van der Waals surface area (Å²) in [5, 5.41) is 2.15. The molecule has 0 amide bonds. The van der Waals surface area contributed by atoms with Crippen LogP contribution in [0.25, 0.3) is 50.1 Å². The van der Waals surface area contributed by atoms with Gasteiger partial charge in [-0.1, -0.05) is 30.9 Å². The molecule has 1 heterocycles. The Morgan fingerprint density at radius 1 is 0.778 bits per heavy atom. The lowest BCUT2D eigenvalue weighted by atomic mass is 9.88. The first-order valence-electron chi connectivity index (χ1n) is 11.5. The van der Waals surface area contributed by atoms with E-state index < -0.39 is 0 Å². The molecule has 0 aliphatic heterocycles. The molecular formula is C30H28N2O4. The summed E-state index contributed by atoms with van der Waals surface area (Å²) in [5.41, 5.74) is 7.77. The Balaban J connectivity index is 1.81. The van der Waals surface area contributed by atoms with Gasteiger partial charge in [-0.25, -0.2) is 4.98 Å². The van der Waals surface area contributed by atoms with E-state index in [0.717, 1.165) is 55.2 Å². The lowest BCUT2D eigenvalue weighted by Gasteiger charge is -2.21. The highest BCUT2D eigenvalue weighted by atomic mass is 16.5. The number of hydrogen-bond acceptors (Lipinski definition) is 5. The summed E-state index contributed by atoms with van der Waals surface area (Å²) in [5.74, 6) is 2.67. The number of benzene rings is 4. The number of ether oxygens (including phenoxy) is 4. The number of fused-ring (bicyclic) bond motifs is 2. The van der Waals surface area contributed by atoms with Crippen LogP contribution in [-0.2, 0) is 0 Å². The Morgan fingerprint density at radius 2 is 1.53 bits per heavy atom. The summed E-state index contributed by atoms with van der Waals surface area (Å²) in [4.78, 5) is 7.58. The second-order valence-corrected chi connectivity index (χ2v) is 8.46. The number of aryl methyl sites for hydroxylation is 1. The molecule has 1 aromatic heterocycles. The van der Waals surface area contributed by atoms with Crippen molar-refractivity contribution in [1.29, 1.82) is 0 Å². The van der Waals surface area contributed by atoms with Crippen molar-refractivity contribution in [3.05, 3.63) is 72.6 Å². The van der Waals surface area contributed by atoms with Crippen LogP contribution in [0.2, 0.25) is 0 Å². The highest BCUT2D eigenvalue weighted by Crippen LogP contribution is 2.48. The van der Waals surface area contributed by atoms with Crippen molar-refractivity contribution in [3.63, 3.8) is 0 Å². The number of hydrogen-bond donors (Lipinski definition) is 1. The molecule has 1 N–H and O–H groups in total. The molecule has 0 spiro atoms. The van der Waals surface area contributed by atoms with Gasteiger partial charge in [-0.15, -0.1) is 0 Å². The molecule has 0 bridgehead atoms. The van der Waals surface area contributed by atoms with Crippen LogP contribution < -0.4 is 18.9 Å². The van der Waals surface area contributed by atoms with E-state index in [1.54, 1.807) is 34.8 Å². The van der Waals surface area contributed by atoms with Crippen LogP contribution in [0.3, 0.4) is 0 Å². The van der Waals surface area contributed by atoms with Crippen LogP contribution in [0.4, 0.5) is 0 Å². The summed E-state index contributed by atoms with van der Waals surface area (Å²) in [6, 6.07) is 16.5. The number of rotatable bonds is 7. The van der Waals surface area contributed by atoms with Crippen LogP contribution in [-0.4, -0.2) is 38.4 Å². The molecule has 0 aliphatic rings. The number of imidazole rings is 1. The molecule has 0 saturated heterocycles. The number of aromatic nitrogens is 2. The molecule has 4 aromatic carbocycles. The first-order chi connectivity index (χ1) is 17.5. The quantitative estimate of drug-likeness (QED) is 0.271. The minimum absolute atomic E-state index is 0.633. The maximum atomic E-state index is 5.89. The van der Waals surface area contributed by atoms with Crippen molar-refractivity contribution in [3.8, 4) is 45.3 Å². The van der Waals surface area contributed by atoms with E-state index in [9.17, 15) is 0 Å². The summed E-state index contributed by atoms with van der Waals surface area (Å²) in [6.45, 7) is 6.21. The van der Waals surface area contributed by atoms with Crippen molar-refractivity contribution in [2.45, 2.75) is 6.92 Å². The van der Waals surface area contributed by atoms with E-state index in [-0.39, 0.29) is 0 Å². The molecule has 0 radical (unpaired) electrons. The highest BCUT2D eigenvalue weighted by molar-refractivity contribution is 5.97. The molecule has 182 valence electrons. The topological polar surface area (TPSA) is 65.6 Å². The molecule has 36 heavy (non-hydrogen) atoms. The lowest BCUT2D eigenvalue weighted by molar-refractivity contribution is 0.355. The summed E-state index contributed by atoms with van der Waals surface area (Å²) < 4.78 is 22.8. The van der Waals surface area contributed by atoms with Gasteiger partial charge >= 0.3 is 0 Å². The third-order valence-electron chi connectivity index (χ3n) is 6.70. The second-order valence-electron chi connectivity index (χ2n) is 8.46. The van der Waals surface area contributed by atoms with Crippen molar-refractivity contribution in [2.24, 2.45) is 0 Å². The van der Waals surface area contributed by atoms with Crippen molar-refractivity contribution < 1.29 is 18.9 Å². The molecule has 6 nitrogen and oxygen atoms in total. The normalized spacial score (nSPS) is 11.0. The zero-order chi connectivity index (χ0) is 25.4. The standard InChI is InChI=1S/C30H28N2O4/c1-7-20-24(21-10-8-19-13-27(33-3)28(34-4)15-22(19)17(21)2)14-23(30(36-6)29(20)35-5)18-9-11-25-26(12-18)32-16-31-25/h7-16H,1H2,2-6H3,(H,31,32). The predicted molar refractivity (Wildman–Crippen MR) is 146 cm³/mol. The molecule has 5 rings (SSSR count). The van der Waals surface area contributed by atoms with Crippen LogP contribution in [0.1, 0.15) is 11.1 Å². The van der Waals surface area contributed by atoms with Gasteiger partial charge < -0.3 is 23.9 Å². The smallest absolute Gasteiger partial charge is 0.169 e. The fraction of sp³-hybridized carbons (Fsp3) is 0.167. The minimum Gasteiger partial charge on any atom is -0.493 e. The van der Waals surface area contributed by atoms with Crippen LogP contribution in [0, 0.1) is 6.92 Å². The van der Waals surface area contributed by atoms with Crippen LogP contribution >= 0.6 is 0 Å². The highest BCUT2D eigenvalue weighted by Gasteiger charge is 2.22. The molecule has 0 aliphatic carbocycles. The fourth-order valence-electron chi connectivity index (χ4n) is 4.89. The number of methoxy groups -OCH3 is 4. The summed E-state index contributed by atoms with van der Waals surface area (Å²) in [7, 11) is 6.60. The maximum absolute atomic E-state index is 5.89. The molecule has 5 aromatic rings. The van der Waals surface area contributed by atoms with E-state index in [0.29, 0.717) is 23.0 Å². The van der Waals surface area contributed by atoms with Gasteiger partial charge in [0.25, 0.3) is 0 Å². The average molecular weight is 481 g/mol. The molecule has 0 atom stereocenters. The Hall–Kier alpha value is -4.45.